The molecule has 0 unspecified atom stereocenters. The van der Waals surface area contributed by atoms with Gasteiger partial charge < -0.3 is 15.2 Å². The molecule has 23 heavy (non-hydrogen) atoms. The summed E-state index contributed by atoms with van der Waals surface area (Å²) in [5.41, 5.74) is 4.04. The first-order chi connectivity index (χ1) is 11.1. The van der Waals surface area contributed by atoms with Crippen LogP contribution in [0.3, 0.4) is 0 Å². The Morgan fingerprint density at radius 3 is 2.87 bits per heavy atom. The summed E-state index contributed by atoms with van der Waals surface area (Å²) in [4.78, 5) is 12.3. The summed E-state index contributed by atoms with van der Waals surface area (Å²) in [7, 11) is 1.62. The van der Waals surface area contributed by atoms with Crippen LogP contribution >= 0.6 is 0 Å². The summed E-state index contributed by atoms with van der Waals surface area (Å²) in [5.74, 6) is 0.679. The minimum Gasteiger partial charge on any atom is -0.496 e. The van der Waals surface area contributed by atoms with Gasteiger partial charge in [-0.1, -0.05) is 36.4 Å². The van der Waals surface area contributed by atoms with Gasteiger partial charge in [-0.15, -0.1) is 0 Å². The van der Waals surface area contributed by atoms with Crippen LogP contribution in [0.4, 0.5) is 0 Å². The molecule has 2 atom stereocenters. The van der Waals surface area contributed by atoms with Gasteiger partial charge in [0, 0.05) is 6.42 Å². The third-order valence-corrected chi connectivity index (χ3v) is 4.36. The van der Waals surface area contributed by atoms with Crippen molar-refractivity contribution in [3.63, 3.8) is 0 Å². The summed E-state index contributed by atoms with van der Waals surface area (Å²) in [6, 6.07) is 13.3. The molecule has 1 aliphatic rings. The third kappa shape index (κ3) is 3.22. The van der Waals surface area contributed by atoms with Crippen molar-refractivity contribution < 1.29 is 14.6 Å². The Morgan fingerprint density at radius 1 is 1.30 bits per heavy atom. The van der Waals surface area contributed by atoms with E-state index in [1.54, 1.807) is 7.11 Å². The van der Waals surface area contributed by atoms with Crippen LogP contribution in [0, 0.1) is 6.92 Å². The molecule has 0 fully saturated rings. The Hall–Kier alpha value is -2.33. The Labute approximate surface area is 136 Å². The summed E-state index contributed by atoms with van der Waals surface area (Å²) < 4.78 is 5.29. The minimum atomic E-state index is -0.566. The number of methoxy groups -OCH3 is 1. The van der Waals surface area contributed by atoms with Gasteiger partial charge in [0.05, 0.1) is 25.7 Å². The Morgan fingerprint density at radius 2 is 2.09 bits per heavy atom. The number of amides is 1. The summed E-state index contributed by atoms with van der Waals surface area (Å²) in [6.07, 6.45) is 0.283. The van der Waals surface area contributed by atoms with Gasteiger partial charge in [0.15, 0.2) is 0 Å². The van der Waals surface area contributed by atoms with Gasteiger partial charge in [-0.2, -0.15) is 0 Å². The molecule has 0 spiro atoms. The quantitative estimate of drug-likeness (QED) is 0.911. The molecule has 1 amide bonds. The van der Waals surface area contributed by atoms with Gasteiger partial charge in [0.2, 0.25) is 5.91 Å². The van der Waals surface area contributed by atoms with E-state index in [9.17, 15) is 9.90 Å². The molecule has 4 nitrogen and oxygen atoms in total. The number of aliphatic hydroxyl groups is 1. The van der Waals surface area contributed by atoms with E-state index in [4.69, 9.17) is 4.74 Å². The van der Waals surface area contributed by atoms with Crippen LogP contribution in [0.5, 0.6) is 5.75 Å². The fourth-order valence-electron chi connectivity index (χ4n) is 3.13. The number of aliphatic hydroxyl groups excluding tert-OH is 1. The van der Waals surface area contributed by atoms with E-state index in [1.807, 2.05) is 49.4 Å². The van der Waals surface area contributed by atoms with Gasteiger partial charge in [0.1, 0.15) is 5.75 Å². The number of benzene rings is 2. The lowest BCUT2D eigenvalue weighted by molar-refractivity contribution is -0.121. The topological polar surface area (TPSA) is 58.6 Å². The highest BCUT2D eigenvalue weighted by Gasteiger charge is 2.31. The van der Waals surface area contributed by atoms with Crippen molar-refractivity contribution >= 4 is 5.91 Å². The van der Waals surface area contributed by atoms with Crippen LogP contribution in [-0.2, 0) is 17.6 Å². The fraction of sp³-hybridized carbons (Fsp3) is 0.316. The molecule has 2 aromatic carbocycles. The largest absolute Gasteiger partial charge is 0.496 e. The van der Waals surface area contributed by atoms with E-state index in [0.717, 1.165) is 28.0 Å². The zero-order chi connectivity index (χ0) is 16.4. The van der Waals surface area contributed by atoms with Gasteiger partial charge in [0.25, 0.3) is 0 Å². The van der Waals surface area contributed by atoms with Crippen LogP contribution in [0.25, 0.3) is 0 Å². The van der Waals surface area contributed by atoms with Crippen molar-refractivity contribution in [1.82, 2.24) is 5.32 Å². The van der Waals surface area contributed by atoms with Crippen LogP contribution in [-0.4, -0.2) is 24.2 Å². The van der Waals surface area contributed by atoms with Crippen LogP contribution < -0.4 is 10.1 Å². The average molecular weight is 311 g/mol. The Bertz CT molecular complexity index is 726. The lowest BCUT2D eigenvalue weighted by Gasteiger charge is -2.18. The molecule has 0 radical (unpaired) electrons. The molecule has 0 saturated carbocycles. The zero-order valence-electron chi connectivity index (χ0n) is 13.4. The second kappa shape index (κ2) is 6.42. The number of ether oxygens (including phenoxy) is 1. The van der Waals surface area contributed by atoms with Crippen molar-refractivity contribution in [2.75, 3.05) is 7.11 Å². The lowest BCUT2D eigenvalue weighted by Crippen LogP contribution is -2.34. The van der Waals surface area contributed by atoms with Gasteiger partial charge >= 0.3 is 0 Å². The standard InChI is InChI=1S/C19H21NO3/c1-12-7-8-13(9-17(12)23-2)10-18(22)20-19-15-6-4-3-5-14(15)11-16(19)21/h3-9,16,19,21H,10-11H2,1-2H3,(H,20,22)/t16-,19+/m1/s1. The molecule has 4 heteroatoms. The highest BCUT2D eigenvalue weighted by Crippen LogP contribution is 2.31. The number of fused-ring (bicyclic) bond motifs is 1. The molecular formula is C19H21NO3. The number of hydrogen-bond donors (Lipinski definition) is 2. The summed E-state index contributed by atoms with van der Waals surface area (Å²) in [5, 5.41) is 13.2. The predicted octanol–water partition coefficient (Wildman–Crippen LogP) is 2.32. The normalized spacial score (nSPS) is 19.3. The van der Waals surface area contributed by atoms with Crippen molar-refractivity contribution in [3.05, 3.63) is 64.7 Å². The van der Waals surface area contributed by atoms with Crippen LogP contribution in [0.15, 0.2) is 42.5 Å². The smallest absolute Gasteiger partial charge is 0.224 e. The van der Waals surface area contributed by atoms with Crippen molar-refractivity contribution in [1.29, 1.82) is 0 Å². The second-order valence-corrected chi connectivity index (χ2v) is 6.00. The SMILES string of the molecule is COc1cc(CC(=O)N[C@H]2c3ccccc3C[C@H]2O)ccc1C. The highest BCUT2D eigenvalue weighted by atomic mass is 16.5. The average Bonchev–Trinajstić information content (AvgIpc) is 2.85. The predicted molar refractivity (Wildman–Crippen MR) is 88.5 cm³/mol. The minimum absolute atomic E-state index is 0.100. The molecule has 1 aliphatic carbocycles. The molecule has 2 N–H and O–H groups in total. The highest BCUT2D eigenvalue weighted by molar-refractivity contribution is 5.79. The van der Waals surface area contributed by atoms with E-state index >= 15 is 0 Å². The molecule has 0 aliphatic heterocycles. The number of rotatable bonds is 4. The molecule has 0 saturated heterocycles. The Balaban J connectivity index is 1.70. The van der Waals surface area contributed by atoms with E-state index in [-0.39, 0.29) is 18.4 Å². The molecule has 0 aromatic heterocycles. The molecule has 120 valence electrons. The number of carbonyl (C=O) groups excluding carboxylic acids is 1. The molecule has 0 bridgehead atoms. The zero-order valence-corrected chi connectivity index (χ0v) is 13.4. The summed E-state index contributed by atoms with van der Waals surface area (Å²) in [6.45, 7) is 1.97. The second-order valence-electron chi connectivity index (χ2n) is 6.00. The molecule has 0 heterocycles. The van der Waals surface area contributed by atoms with Crippen molar-refractivity contribution in [2.24, 2.45) is 0 Å². The van der Waals surface area contributed by atoms with Crippen molar-refractivity contribution in [2.45, 2.75) is 31.9 Å². The van der Waals surface area contributed by atoms with Crippen molar-refractivity contribution in [3.8, 4) is 5.75 Å². The van der Waals surface area contributed by atoms with E-state index in [0.29, 0.717) is 6.42 Å². The molecule has 3 rings (SSSR count). The molecular weight excluding hydrogens is 290 g/mol. The third-order valence-electron chi connectivity index (χ3n) is 4.36. The Kier molecular flexibility index (Phi) is 4.35. The number of aryl methyl sites for hydroxylation is 1. The maximum Gasteiger partial charge on any atom is 0.224 e. The first-order valence-corrected chi connectivity index (χ1v) is 7.77. The molecule has 2 aromatic rings. The first kappa shape index (κ1) is 15.6. The number of carbonyl (C=O) groups is 1. The van der Waals surface area contributed by atoms with Gasteiger partial charge in [-0.25, -0.2) is 0 Å². The van der Waals surface area contributed by atoms with Gasteiger partial charge in [-0.05, 0) is 35.2 Å². The lowest BCUT2D eigenvalue weighted by atomic mass is 10.1. The van der Waals surface area contributed by atoms with Crippen LogP contribution in [0.1, 0.15) is 28.3 Å². The fourth-order valence-corrected chi connectivity index (χ4v) is 3.13. The summed E-state index contributed by atoms with van der Waals surface area (Å²) >= 11 is 0. The number of nitrogens with one attached hydrogen (secondary N) is 1. The van der Waals surface area contributed by atoms with Crippen LogP contribution in [0.2, 0.25) is 0 Å². The van der Waals surface area contributed by atoms with E-state index < -0.39 is 6.10 Å². The monoisotopic (exact) mass is 311 g/mol. The maximum absolute atomic E-state index is 12.3. The first-order valence-electron chi connectivity index (χ1n) is 7.77. The van der Waals surface area contributed by atoms with Gasteiger partial charge in [-0.3, -0.25) is 4.79 Å². The number of hydrogen-bond acceptors (Lipinski definition) is 3. The van der Waals surface area contributed by atoms with E-state index in [1.165, 1.54) is 0 Å². The van der Waals surface area contributed by atoms with E-state index in [2.05, 4.69) is 5.32 Å². The maximum atomic E-state index is 12.3.